The van der Waals surface area contributed by atoms with Crippen LogP contribution in [0.5, 0.6) is 0 Å². The van der Waals surface area contributed by atoms with Crippen LogP contribution in [0.3, 0.4) is 0 Å². The number of likely N-dealkylation sites (tertiary alicyclic amines) is 1. The Morgan fingerprint density at radius 2 is 2.11 bits per heavy atom. The van der Waals surface area contributed by atoms with Gasteiger partial charge in [0.15, 0.2) is 0 Å². The molecule has 0 radical (unpaired) electrons. The molecule has 1 unspecified atom stereocenters. The summed E-state index contributed by atoms with van der Waals surface area (Å²) in [4.78, 5) is 4.78. The topological polar surface area (TPSA) is 50.3 Å². The number of nitrogens with zero attached hydrogens (tertiary/aromatic N) is 4. The predicted octanol–water partition coefficient (Wildman–Crippen LogP) is 0.694. The molecule has 0 saturated carbocycles. The molecule has 0 bridgehead atoms. The fourth-order valence-electron chi connectivity index (χ4n) is 2.83. The maximum Gasteiger partial charge on any atom is 0.0537 e. The van der Waals surface area contributed by atoms with E-state index < -0.39 is 0 Å². The molecule has 2 heterocycles. The van der Waals surface area contributed by atoms with Crippen molar-refractivity contribution < 1.29 is 0 Å². The minimum absolute atomic E-state index is 0.0602. The zero-order valence-corrected chi connectivity index (χ0v) is 12.4. The molecule has 1 aromatic rings. The van der Waals surface area contributed by atoms with E-state index in [1.165, 1.54) is 25.9 Å². The molecule has 0 spiro atoms. The summed E-state index contributed by atoms with van der Waals surface area (Å²) in [5.41, 5.74) is 7.36. The Hall–Kier alpha value is -0.910. The minimum atomic E-state index is 0.0602. The smallest absolute Gasteiger partial charge is 0.0537 e. The number of piperidine rings is 1. The summed E-state index contributed by atoms with van der Waals surface area (Å²) in [6.07, 6.45) is 6.49. The zero-order valence-electron chi connectivity index (χ0n) is 12.4. The molecule has 0 amide bonds. The lowest BCUT2D eigenvalue weighted by Crippen LogP contribution is -2.38. The van der Waals surface area contributed by atoms with E-state index in [1.807, 2.05) is 24.1 Å². The summed E-state index contributed by atoms with van der Waals surface area (Å²) in [7, 11) is 6.31. The molecular formula is C14H27N5. The Morgan fingerprint density at radius 3 is 2.68 bits per heavy atom. The van der Waals surface area contributed by atoms with E-state index in [-0.39, 0.29) is 6.04 Å². The van der Waals surface area contributed by atoms with Gasteiger partial charge in [0.1, 0.15) is 0 Å². The van der Waals surface area contributed by atoms with E-state index in [1.54, 1.807) is 0 Å². The van der Waals surface area contributed by atoms with E-state index in [9.17, 15) is 0 Å². The molecule has 1 atom stereocenters. The van der Waals surface area contributed by atoms with Crippen LogP contribution in [0.25, 0.3) is 0 Å². The van der Waals surface area contributed by atoms with Gasteiger partial charge in [-0.15, -0.1) is 0 Å². The van der Waals surface area contributed by atoms with Crippen LogP contribution in [-0.4, -0.2) is 59.9 Å². The van der Waals surface area contributed by atoms with Gasteiger partial charge in [0.2, 0.25) is 0 Å². The van der Waals surface area contributed by atoms with Gasteiger partial charge in [0.25, 0.3) is 0 Å². The fourth-order valence-corrected chi connectivity index (χ4v) is 2.83. The van der Waals surface area contributed by atoms with E-state index >= 15 is 0 Å². The average Bonchev–Trinajstić information content (AvgIpc) is 2.79. The van der Waals surface area contributed by atoms with Crippen molar-refractivity contribution in [1.82, 2.24) is 19.6 Å². The van der Waals surface area contributed by atoms with E-state index in [0.29, 0.717) is 0 Å². The van der Waals surface area contributed by atoms with Crippen LogP contribution < -0.4 is 5.73 Å². The third-order valence-electron chi connectivity index (χ3n) is 4.07. The minimum Gasteiger partial charge on any atom is -0.323 e. The Balaban J connectivity index is 1.76. The van der Waals surface area contributed by atoms with Crippen LogP contribution in [-0.2, 0) is 7.05 Å². The highest BCUT2D eigenvalue weighted by Crippen LogP contribution is 2.18. The first-order valence-corrected chi connectivity index (χ1v) is 7.16. The van der Waals surface area contributed by atoms with Gasteiger partial charge < -0.3 is 15.5 Å². The SMILES string of the molecule is CN1CCC(CN(C)CC(N)c2cnn(C)c2)CC1. The third kappa shape index (κ3) is 4.30. The van der Waals surface area contributed by atoms with Crippen LogP contribution >= 0.6 is 0 Å². The molecule has 1 aliphatic rings. The molecule has 1 aliphatic heterocycles. The Kier molecular flexibility index (Phi) is 4.96. The number of hydrogen-bond acceptors (Lipinski definition) is 4. The van der Waals surface area contributed by atoms with E-state index in [4.69, 9.17) is 5.73 Å². The summed E-state index contributed by atoms with van der Waals surface area (Å²) < 4.78 is 1.81. The van der Waals surface area contributed by atoms with Crippen LogP contribution in [0.1, 0.15) is 24.4 Å². The number of nitrogens with two attached hydrogens (primary N) is 1. The number of rotatable bonds is 5. The molecule has 5 heteroatoms. The van der Waals surface area contributed by atoms with Crippen molar-refractivity contribution in [1.29, 1.82) is 0 Å². The zero-order chi connectivity index (χ0) is 13.8. The molecule has 108 valence electrons. The standard InChI is InChI=1S/C14H27N5/c1-17-6-4-12(5-7-17)9-18(2)11-14(15)13-8-16-19(3)10-13/h8,10,12,14H,4-7,9,11,15H2,1-3H3. The molecular weight excluding hydrogens is 238 g/mol. The normalized spacial score (nSPS) is 20.1. The van der Waals surface area contributed by atoms with E-state index in [2.05, 4.69) is 29.0 Å². The molecule has 0 aromatic carbocycles. The first-order valence-electron chi connectivity index (χ1n) is 7.16. The van der Waals surface area contributed by atoms with Gasteiger partial charge in [-0.05, 0) is 45.9 Å². The van der Waals surface area contributed by atoms with Crippen LogP contribution in [0.15, 0.2) is 12.4 Å². The lowest BCUT2D eigenvalue weighted by molar-refractivity contribution is 0.172. The second-order valence-corrected chi connectivity index (χ2v) is 6.02. The first kappa shape index (κ1) is 14.5. The average molecular weight is 265 g/mol. The third-order valence-corrected chi connectivity index (χ3v) is 4.07. The summed E-state index contributed by atoms with van der Waals surface area (Å²) >= 11 is 0. The predicted molar refractivity (Wildman–Crippen MR) is 77.9 cm³/mol. The molecule has 5 nitrogen and oxygen atoms in total. The molecule has 1 saturated heterocycles. The summed E-state index contributed by atoms with van der Waals surface area (Å²) in [5, 5.41) is 4.18. The van der Waals surface area contributed by atoms with Crippen molar-refractivity contribution in [3.63, 3.8) is 0 Å². The van der Waals surface area contributed by atoms with Crippen LogP contribution in [0, 0.1) is 5.92 Å². The Morgan fingerprint density at radius 1 is 1.42 bits per heavy atom. The van der Waals surface area contributed by atoms with Crippen molar-refractivity contribution >= 4 is 0 Å². The highest BCUT2D eigenvalue weighted by atomic mass is 15.2. The van der Waals surface area contributed by atoms with Gasteiger partial charge >= 0.3 is 0 Å². The van der Waals surface area contributed by atoms with Gasteiger partial charge in [-0.1, -0.05) is 0 Å². The summed E-state index contributed by atoms with van der Waals surface area (Å²) in [6.45, 7) is 4.51. The number of aryl methyl sites for hydroxylation is 1. The molecule has 2 N–H and O–H groups in total. The second kappa shape index (κ2) is 6.50. The quantitative estimate of drug-likeness (QED) is 0.851. The Labute approximate surface area is 116 Å². The lowest BCUT2D eigenvalue weighted by atomic mass is 9.96. The van der Waals surface area contributed by atoms with Gasteiger partial charge in [-0.3, -0.25) is 4.68 Å². The Bertz CT molecular complexity index is 381. The van der Waals surface area contributed by atoms with Gasteiger partial charge in [-0.2, -0.15) is 5.10 Å². The monoisotopic (exact) mass is 265 g/mol. The van der Waals surface area contributed by atoms with Gasteiger partial charge in [0, 0.05) is 37.9 Å². The van der Waals surface area contributed by atoms with Gasteiger partial charge in [0.05, 0.1) is 6.20 Å². The molecule has 1 fully saturated rings. The maximum atomic E-state index is 6.23. The molecule has 0 aliphatic carbocycles. The number of hydrogen-bond donors (Lipinski definition) is 1. The number of aromatic nitrogens is 2. The fraction of sp³-hybridized carbons (Fsp3) is 0.786. The first-order chi connectivity index (χ1) is 9.04. The van der Waals surface area contributed by atoms with Gasteiger partial charge in [-0.25, -0.2) is 0 Å². The lowest BCUT2D eigenvalue weighted by Gasteiger charge is -2.32. The molecule has 2 rings (SSSR count). The largest absolute Gasteiger partial charge is 0.323 e. The van der Waals surface area contributed by atoms with Crippen molar-refractivity contribution in [2.75, 3.05) is 40.3 Å². The van der Waals surface area contributed by atoms with Crippen LogP contribution in [0.4, 0.5) is 0 Å². The number of likely N-dealkylation sites (N-methyl/N-ethyl adjacent to an activating group) is 1. The van der Waals surface area contributed by atoms with Crippen molar-refractivity contribution in [2.45, 2.75) is 18.9 Å². The van der Waals surface area contributed by atoms with Crippen molar-refractivity contribution in [3.8, 4) is 0 Å². The molecule has 1 aromatic heterocycles. The summed E-state index contributed by atoms with van der Waals surface area (Å²) in [5.74, 6) is 0.822. The maximum absolute atomic E-state index is 6.23. The highest BCUT2D eigenvalue weighted by Gasteiger charge is 2.19. The van der Waals surface area contributed by atoms with E-state index in [0.717, 1.165) is 24.6 Å². The summed E-state index contributed by atoms with van der Waals surface area (Å²) in [6, 6.07) is 0.0602. The van der Waals surface area contributed by atoms with Crippen LogP contribution in [0.2, 0.25) is 0 Å². The second-order valence-electron chi connectivity index (χ2n) is 6.02. The highest BCUT2D eigenvalue weighted by molar-refractivity contribution is 5.09. The van der Waals surface area contributed by atoms with Crippen molar-refractivity contribution in [3.05, 3.63) is 18.0 Å². The molecule has 19 heavy (non-hydrogen) atoms. The van der Waals surface area contributed by atoms with Crippen molar-refractivity contribution in [2.24, 2.45) is 18.7 Å².